The fourth-order valence-electron chi connectivity index (χ4n) is 3.68. The minimum absolute atomic E-state index is 0. The number of rotatable bonds is 4. The smallest absolute Gasteiger partial charge is 0.256 e. The van der Waals surface area contributed by atoms with E-state index in [9.17, 15) is 4.79 Å². The number of methoxy groups -OCH3 is 1. The Morgan fingerprint density at radius 3 is 2.70 bits per heavy atom. The van der Waals surface area contributed by atoms with Gasteiger partial charge in [0.05, 0.1) is 30.1 Å². The van der Waals surface area contributed by atoms with E-state index in [1.807, 2.05) is 59.7 Å². The standard InChI is InChI=1S/C22H23N3O2S.2ClH/c1-15-17(7-8-19(24-15)16-9-12-28-14-16)22(26)25-11-10-23-13-20(25)18-5-3-4-6-21(18)27-2;;/h3-9,12,14,20,23H,10-11,13H2,1-2H3;2*1H. The fraction of sp³-hybridized carbons (Fsp3) is 0.273. The number of amides is 1. The van der Waals surface area contributed by atoms with Gasteiger partial charge in [0.2, 0.25) is 0 Å². The molecule has 0 radical (unpaired) electrons. The number of carbonyl (C=O) groups is 1. The van der Waals surface area contributed by atoms with E-state index < -0.39 is 0 Å². The van der Waals surface area contributed by atoms with E-state index in [2.05, 4.69) is 15.7 Å². The van der Waals surface area contributed by atoms with Crippen LogP contribution in [-0.4, -0.2) is 42.5 Å². The van der Waals surface area contributed by atoms with Crippen LogP contribution in [0.3, 0.4) is 0 Å². The number of benzene rings is 1. The number of halogens is 2. The number of hydrogen-bond acceptors (Lipinski definition) is 5. The number of aryl methyl sites for hydroxylation is 1. The first kappa shape index (κ1) is 24.2. The van der Waals surface area contributed by atoms with Crippen LogP contribution < -0.4 is 10.1 Å². The molecule has 5 nitrogen and oxygen atoms in total. The van der Waals surface area contributed by atoms with Gasteiger partial charge in [0.1, 0.15) is 5.75 Å². The molecule has 1 N–H and O–H groups in total. The van der Waals surface area contributed by atoms with Crippen molar-refractivity contribution in [1.82, 2.24) is 15.2 Å². The van der Waals surface area contributed by atoms with Gasteiger partial charge in [0.15, 0.2) is 0 Å². The number of carbonyl (C=O) groups excluding carboxylic acids is 1. The molecule has 1 saturated heterocycles. The molecule has 160 valence electrons. The predicted octanol–water partition coefficient (Wildman–Crippen LogP) is 4.76. The Balaban J connectivity index is 0.00000160. The summed E-state index contributed by atoms with van der Waals surface area (Å²) in [6, 6.07) is 13.7. The van der Waals surface area contributed by atoms with Gasteiger partial charge in [-0.15, -0.1) is 24.8 Å². The lowest BCUT2D eigenvalue weighted by Gasteiger charge is -2.37. The molecule has 1 fully saturated rings. The lowest BCUT2D eigenvalue weighted by molar-refractivity contribution is 0.0630. The summed E-state index contributed by atoms with van der Waals surface area (Å²) in [6.45, 7) is 4.03. The van der Waals surface area contributed by atoms with Crippen molar-refractivity contribution in [3.63, 3.8) is 0 Å². The topological polar surface area (TPSA) is 54.5 Å². The summed E-state index contributed by atoms with van der Waals surface area (Å²) < 4.78 is 5.54. The SMILES string of the molecule is COc1ccccc1C1CNCCN1C(=O)c1ccc(-c2ccsc2)nc1C.Cl.Cl. The number of para-hydroxylation sites is 1. The van der Waals surface area contributed by atoms with E-state index in [1.165, 1.54) is 0 Å². The van der Waals surface area contributed by atoms with E-state index in [0.717, 1.165) is 34.8 Å². The molecule has 1 aliphatic heterocycles. The first-order chi connectivity index (χ1) is 13.7. The van der Waals surface area contributed by atoms with Gasteiger partial charge in [-0.3, -0.25) is 9.78 Å². The van der Waals surface area contributed by atoms with E-state index in [0.29, 0.717) is 18.7 Å². The lowest BCUT2D eigenvalue weighted by Crippen LogP contribution is -2.49. The van der Waals surface area contributed by atoms with Crippen LogP contribution in [0.25, 0.3) is 11.3 Å². The Morgan fingerprint density at radius 2 is 2.00 bits per heavy atom. The molecule has 4 rings (SSSR count). The third kappa shape index (κ3) is 4.78. The van der Waals surface area contributed by atoms with Crippen LogP contribution in [0.1, 0.15) is 27.7 Å². The summed E-state index contributed by atoms with van der Waals surface area (Å²) >= 11 is 1.64. The van der Waals surface area contributed by atoms with Crippen LogP contribution in [0.5, 0.6) is 5.75 Å². The largest absolute Gasteiger partial charge is 0.496 e. The average molecular weight is 466 g/mol. The number of piperazine rings is 1. The van der Waals surface area contributed by atoms with Gasteiger partial charge in [0, 0.05) is 36.1 Å². The van der Waals surface area contributed by atoms with E-state index in [-0.39, 0.29) is 36.8 Å². The highest BCUT2D eigenvalue weighted by Crippen LogP contribution is 2.31. The molecule has 30 heavy (non-hydrogen) atoms. The normalized spacial score (nSPS) is 15.7. The summed E-state index contributed by atoms with van der Waals surface area (Å²) in [4.78, 5) is 20.0. The van der Waals surface area contributed by atoms with E-state index in [4.69, 9.17) is 4.74 Å². The molecule has 1 amide bonds. The molecule has 3 heterocycles. The van der Waals surface area contributed by atoms with Crippen LogP contribution in [-0.2, 0) is 0 Å². The van der Waals surface area contributed by atoms with E-state index >= 15 is 0 Å². The second-order valence-corrected chi connectivity index (χ2v) is 7.58. The molecule has 0 spiro atoms. The second kappa shape index (κ2) is 10.8. The third-order valence-corrected chi connectivity index (χ3v) is 5.82. The highest BCUT2D eigenvalue weighted by Gasteiger charge is 2.31. The van der Waals surface area contributed by atoms with Crippen molar-refractivity contribution in [1.29, 1.82) is 0 Å². The molecular formula is C22H25Cl2N3O2S. The van der Waals surface area contributed by atoms with Crippen LogP contribution in [0, 0.1) is 6.92 Å². The molecule has 0 bridgehead atoms. The highest BCUT2D eigenvalue weighted by atomic mass is 35.5. The quantitative estimate of drug-likeness (QED) is 0.603. The summed E-state index contributed by atoms with van der Waals surface area (Å²) in [7, 11) is 1.67. The maximum absolute atomic E-state index is 13.4. The Morgan fingerprint density at radius 1 is 1.20 bits per heavy atom. The number of ether oxygens (including phenoxy) is 1. The Kier molecular flexibility index (Phi) is 8.67. The van der Waals surface area contributed by atoms with Crippen LogP contribution in [0.2, 0.25) is 0 Å². The summed E-state index contributed by atoms with van der Waals surface area (Å²) in [6.07, 6.45) is 0. The molecule has 8 heteroatoms. The molecule has 1 aromatic carbocycles. The summed E-state index contributed by atoms with van der Waals surface area (Å²) in [5.74, 6) is 0.816. The molecule has 0 aliphatic carbocycles. The molecule has 0 saturated carbocycles. The van der Waals surface area contributed by atoms with Gasteiger partial charge in [-0.05, 0) is 36.6 Å². The zero-order valence-electron chi connectivity index (χ0n) is 16.8. The molecule has 1 atom stereocenters. The maximum Gasteiger partial charge on any atom is 0.256 e. The fourth-order valence-corrected chi connectivity index (χ4v) is 4.33. The third-order valence-electron chi connectivity index (χ3n) is 5.14. The van der Waals surface area contributed by atoms with Gasteiger partial charge in [-0.2, -0.15) is 11.3 Å². The van der Waals surface area contributed by atoms with Crippen molar-refractivity contribution < 1.29 is 9.53 Å². The molecule has 1 aliphatic rings. The van der Waals surface area contributed by atoms with Crippen molar-refractivity contribution in [3.05, 3.63) is 70.0 Å². The first-order valence-corrected chi connectivity index (χ1v) is 10.3. The maximum atomic E-state index is 13.4. The van der Waals surface area contributed by atoms with Gasteiger partial charge in [0.25, 0.3) is 5.91 Å². The van der Waals surface area contributed by atoms with E-state index in [1.54, 1.807) is 18.4 Å². The molecule has 1 unspecified atom stereocenters. The number of nitrogens with one attached hydrogen (secondary N) is 1. The Hall–Kier alpha value is -2.12. The summed E-state index contributed by atoms with van der Waals surface area (Å²) in [5.41, 5.74) is 4.41. The van der Waals surface area contributed by atoms with Gasteiger partial charge >= 0.3 is 0 Å². The zero-order valence-corrected chi connectivity index (χ0v) is 19.3. The Labute approximate surface area is 193 Å². The minimum Gasteiger partial charge on any atom is -0.496 e. The van der Waals surface area contributed by atoms with Crippen LogP contribution in [0.15, 0.2) is 53.2 Å². The average Bonchev–Trinajstić information content (AvgIpc) is 3.28. The second-order valence-electron chi connectivity index (χ2n) is 6.80. The number of thiophene rings is 1. The minimum atomic E-state index is -0.0756. The number of hydrogen-bond donors (Lipinski definition) is 1. The van der Waals surface area contributed by atoms with Gasteiger partial charge in [-0.25, -0.2) is 0 Å². The van der Waals surface area contributed by atoms with Gasteiger partial charge in [-0.1, -0.05) is 18.2 Å². The Bertz CT molecular complexity index is 982. The first-order valence-electron chi connectivity index (χ1n) is 9.34. The van der Waals surface area contributed by atoms with Crippen molar-refractivity contribution in [2.75, 3.05) is 26.7 Å². The highest BCUT2D eigenvalue weighted by molar-refractivity contribution is 7.08. The molecular weight excluding hydrogens is 441 g/mol. The number of aromatic nitrogens is 1. The van der Waals surface area contributed by atoms with Crippen LogP contribution >= 0.6 is 36.2 Å². The zero-order chi connectivity index (χ0) is 19.5. The molecule has 3 aromatic rings. The monoisotopic (exact) mass is 465 g/mol. The molecule has 2 aromatic heterocycles. The lowest BCUT2D eigenvalue weighted by atomic mass is 10.0. The van der Waals surface area contributed by atoms with Crippen molar-refractivity contribution in [3.8, 4) is 17.0 Å². The number of pyridine rings is 1. The van der Waals surface area contributed by atoms with Crippen molar-refractivity contribution >= 4 is 42.1 Å². The van der Waals surface area contributed by atoms with Gasteiger partial charge < -0.3 is 15.0 Å². The predicted molar refractivity (Wildman–Crippen MR) is 126 cm³/mol. The van der Waals surface area contributed by atoms with Crippen molar-refractivity contribution in [2.24, 2.45) is 0 Å². The number of nitrogens with zero attached hydrogens (tertiary/aromatic N) is 2. The van der Waals surface area contributed by atoms with Crippen molar-refractivity contribution in [2.45, 2.75) is 13.0 Å². The summed E-state index contributed by atoms with van der Waals surface area (Å²) in [5, 5.41) is 7.50. The van der Waals surface area contributed by atoms with Crippen LogP contribution in [0.4, 0.5) is 0 Å².